The minimum absolute atomic E-state index is 0.178. The number of hydrazine groups is 1. The third-order valence-corrected chi connectivity index (χ3v) is 1.41. The number of nitrogen functional groups attached to an aromatic ring is 1. The molecule has 0 aliphatic rings. The van der Waals surface area contributed by atoms with Crippen molar-refractivity contribution in [2.75, 3.05) is 17.8 Å². The molecule has 1 heterocycles. The Kier molecular flexibility index (Phi) is 2.39. The molecule has 60 valence electrons. The monoisotopic (exact) mass is 266 g/mol. The van der Waals surface area contributed by atoms with Crippen LogP contribution < -0.4 is 16.6 Å². The van der Waals surface area contributed by atoms with Crippen molar-refractivity contribution >= 4 is 34.5 Å². The second-order valence-corrected chi connectivity index (χ2v) is 2.84. The Balaban J connectivity index is 3.08. The zero-order valence-electron chi connectivity index (χ0n) is 5.82. The van der Waals surface area contributed by atoms with E-state index in [1.54, 1.807) is 7.05 Å². The summed E-state index contributed by atoms with van der Waals surface area (Å²) in [6, 6.07) is 0. The Labute approximate surface area is 77.1 Å². The largest absolute Gasteiger partial charge is 0.368 e. The molecule has 4 N–H and O–H groups in total. The van der Waals surface area contributed by atoms with Crippen molar-refractivity contribution in [1.82, 2.24) is 15.0 Å². The first-order valence-electron chi connectivity index (χ1n) is 2.75. The van der Waals surface area contributed by atoms with Gasteiger partial charge in [0.15, 0.2) is 3.83 Å². The van der Waals surface area contributed by atoms with Crippen LogP contribution in [0.15, 0.2) is 0 Å². The van der Waals surface area contributed by atoms with Gasteiger partial charge in [0.2, 0.25) is 11.9 Å². The fourth-order valence-corrected chi connectivity index (χ4v) is 0.975. The van der Waals surface area contributed by atoms with Crippen molar-refractivity contribution in [3.05, 3.63) is 3.83 Å². The van der Waals surface area contributed by atoms with Crippen LogP contribution in [0.4, 0.5) is 11.9 Å². The number of halogens is 1. The summed E-state index contributed by atoms with van der Waals surface area (Å²) in [7, 11) is 1.63. The molecule has 11 heavy (non-hydrogen) atoms. The Morgan fingerprint density at radius 2 is 2.00 bits per heavy atom. The lowest BCUT2D eigenvalue weighted by Crippen LogP contribution is -2.28. The summed E-state index contributed by atoms with van der Waals surface area (Å²) >= 11 is 1.94. The van der Waals surface area contributed by atoms with E-state index in [9.17, 15) is 0 Å². The molecule has 0 fully saturated rings. The fourth-order valence-electron chi connectivity index (χ4n) is 0.512. The lowest BCUT2D eigenvalue weighted by Gasteiger charge is -2.08. The van der Waals surface area contributed by atoms with Gasteiger partial charge in [0.25, 0.3) is 0 Å². The summed E-state index contributed by atoms with van der Waals surface area (Å²) in [5.41, 5.74) is 5.35. The smallest absolute Gasteiger partial charge is 0.245 e. The number of hydrogen-bond acceptors (Lipinski definition) is 6. The van der Waals surface area contributed by atoms with Crippen molar-refractivity contribution in [2.45, 2.75) is 0 Å². The predicted molar refractivity (Wildman–Crippen MR) is 49.5 cm³/mol. The van der Waals surface area contributed by atoms with Gasteiger partial charge in [0, 0.05) is 29.6 Å². The summed E-state index contributed by atoms with van der Waals surface area (Å²) in [6.07, 6.45) is 0. The SMILES string of the molecule is CN(N)c1nc(N)nc(I)n1. The van der Waals surface area contributed by atoms with Gasteiger partial charge < -0.3 is 5.73 Å². The minimum atomic E-state index is 0.178. The summed E-state index contributed by atoms with van der Waals surface area (Å²) in [4.78, 5) is 11.5. The molecule has 0 amide bonds. The van der Waals surface area contributed by atoms with Crippen LogP contribution in [0.1, 0.15) is 0 Å². The van der Waals surface area contributed by atoms with Crippen LogP contribution in [0.3, 0.4) is 0 Å². The molecule has 1 rings (SSSR count). The van der Waals surface area contributed by atoms with Crippen molar-refractivity contribution < 1.29 is 0 Å². The van der Waals surface area contributed by atoms with E-state index in [4.69, 9.17) is 11.6 Å². The molecule has 0 atom stereocenters. The van der Waals surface area contributed by atoms with Gasteiger partial charge in [0.05, 0.1) is 0 Å². The molecule has 0 aliphatic heterocycles. The van der Waals surface area contributed by atoms with Crippen LogP contribution in [-0.2, 0) is 0 Å². The van der Waals surface area contributed by atoms with Crippen LogP contribution in [-0.4, -0.2) is 22.0 Å². The van der Waals surface area contributed by atoms with E-state index in [2.05, 4.69) is 15.0 Å². The van der Waals surface area contributed by atoms with Crippen LogP contribution in [0.5, 0.6) is 0 Å². The third kappa shape index (κ3) is 2.12. The van der Waals surface area contributed by atoms with E-state index in [0.717, 1.165) is 0 Å². The number of rotatable bonds is 1. The third-order valence-electron chi connectivity index (χ3n) is 0.929. The summed E-state index contributed by atoms with van der Waals surface area (Å²) in [5, 5.41) is 1.28. The quantitative estimate of drug-likeness (QED) is 0.399. The molecule has 0 spiro atoms. The highest BCUT2D eigenvalue weighted by Crippen LogP contribution is 2.05. The first-order valence-corrected chi connectivity index (χ1v) is 3.83. The summed E-state index contributed by atoms with van der Waals surface area (Å²) < 4.78 is 0.530. The highest BCUT2D eigenvalue weighted by atomic mass is 127. The molecule has 0 aromatic carbocycles. The van der Waals surface area contributed by atoms with Gasteiger partial charge in [-0.2, -0.15) is 15.0 Å². The molecule has 0 saturated heterocycles. The van der Waals surface area contributed by atoms with E-state index in [-0.39, 0.29) is 5.95 Å². The van der Waals surface area contributed by atoms with Gasteiger partial charge in [-0.15, -0.1) is 0 Å². The van der Waals surface area contributed by atoms with Crippen molar-refractivity contribution in [1.29, 1.82) is 0 Å². The highest BCUT2D eigenvalue weighted by Gasteiger charge is 2.02. The molecule has 0 bridgehead atoms. The van der Waals surface area contributed by atoms with Gasteiger partial charge in [0.1, 0.15) is 0 Å². The number of hydrogen-bond donors (Lipinski definition) is 2. The van der Waals surface area contributed by atoms with E-state index < -0.39 is 0 Å². The van der Waals surface area contributed by atoms with E-state index in [1.165, 1.54) is 5.01 Å². The van der Waals surface area contributed by atoms with Crippen LogP contribution in [0.25, 0.3) is 0 Å². The standard InChI is InChI=1S/C4H7IN6/c1-11(7)4-9-2(5)8-3(6)10-4/h7H2,1H3,(H2,6,8,9,10). The topological polar surface area (TPSA) is 94.0 Å². The van der Waals surface area contributed by atoms with Crippen LogP contribution >= 0.6 is 22.6 Å². The minimum Gasteiger partial charge on any atom is -0.368 e. The zero-order chi connectivity index (χ0) is 8.43. The number of aromatic nitrogens is 3. The zero-order valence-corrected chi connectivity index (χ0v) is 7.98. The van der Waals surface area contributed by atoms with Gasteiger partial charge in [-0.3, -0.25) is 5.01 Å². The predicted octanol–water partition coefficient (Wildman–Crippen LogP) is -0.632. The Hall–Kier alpha value is -0.700. The first-order chi connectivity index (χ1) is 5.09. The van der Waals surface area contributed by atoms with Gasteiger partial charge in [-0.1, -0.05) is 0 Å². The lowest BCUT2D eigenvalue weighted by atomic mass is 10.8. The maximum Gasteiger partial charge on any atom is 0.245 e. The maximum absolute atomic E-state index is 5.37. The normalized spacial score (nSPS) is 9.73. The van der Waals surface area contributed by atoms with Crippen LogP contribution in [0.2, 0.25) is 0 Å². The Morgan fingerprint density at radius 1 is 1.36 bits per heavy atom. The molecule has 0 unspecified atom stereocenters. The van der Waals surface area contributed by atoms with Gasteiger partial charge in [-0.05, 0) is 0 Å². The molecule has 7 heteroatoms. The molecule has 1 aromatic rings. The average Bonchev–Trinajstić information content (AvgIpc) is 1.85. The van der Waals surface area contributed by atoms with E-state index in [0.29, 0.717) is 9.78 Å². The Morgan fingerprint density at radius 3 is 2.45 bits per heavy atom. The first kappa shape index (κ1) is 8.40. The van der Waals surface area contributed by atoms with E-state index >= 15 is 0 Å². The lowest BCUT2D eigenvalue weighted by molar-refractivity contribution is 0.895. The second kappa shape index (κ2) is 3.13. The molecule has 6 nitrogen and oxygen atoms in total. The maximum atomic E-state index is 5.37. The Bertz CT molecular complexity index is 241. The number of nitrogens with zero attached hydrogens (tertiary/aromatic N) is 4. The average molecular weight is 266 g/mol. The van der Waals surface area contributed by atoms with E-state index in [1.807, 2.05) is 22.6 Å². The van der Waals surface area contributed by atoms with Crippen LogP contribution in [0, 0.1) is 3.83 Å². The molecule has 0 radical (unpaired) electrons. The number of anilines is 2. The van der Waals surface area contributed by atoms with Gasteiger partial charge in [-0.25, -0.2) is 5.84 Å². The van der Waals surface area contributed by atoms with Gasteiger partial charge >= 0.3 is 0 Å². The van der Waals surface area contributed by atoms with Crippen molar-refractivity contribution in [3.63, 3.8) is 0 Å². The fraction of sp³-hybridized carbons (Fsp3) is 0.250. The van der Waals surface area contributed by atoms with Crippen molar-refractivity contribution in [2.24, 2.45) is 5.84 Å². The molecular formula is C4H7IN6. The highest BCUT2D eigenvalue weighted by molar-refractivity contribution is 14.1. The molecule has 0 saturated carbocycles. The number of nitrogens with two attached hydrogens (primary N) is 2. The second-order valence-electron chi connectivity index (χ2n) is 1.87. The summed E-state index contributed by atoms with van der Waals surface area (Å²) in [5.74, 6) is 5.91. The van der Waals surface area contributed by atoms with Crippen molar-refractivity contribution in [3.8, 4) is 0 Å². The molecule has 1 aromatic heterocycles. The molecular weight excluding hydrogens is 259 g/mol. The molecule has 0 aliphatic carbocycles. The summed E-state index contributed by atoms with van der Waals surface area (Å²) in [6.45, 7) is 0.